The van der Waals surface area contributed by atoms with Crippen molar-refractivity contribution in [3.63, 3.8) is 0 Å². The Hall–Kier alpha value is -3.12. The minimum Gasteiger partial charge on any atom is -0.493 e. The highest BCUT2D eigenvalue weighted by atomic mass is 32.1. The van der Waals surface area contributed by atoms with Crippen molar-refractivity contribution in [2.24, 2.45) is 0 Å². The lowest BCUT2D eigenvalue weighted by Gasteiger charge is -2.15. The van der Waals surface area contributed by atoms with Gasteiger partial charge in [-0.3, -0.25) is 4.98 Å². The lowest BCUT2D eigenvalue weighted by Crippen LogP contribution is -2.10. The van der Waals surface area contributed by atoms with E-state index in [1.807, 2.05) is 6.07 Å². The maximum atomic E-state index is 13.6. The zero-order valence-corrected chi connectivity index (χ0v) is 19.1. The third-order valence-corrected chi connectivity index (χ3v) is 5.72. The molecule has 1 aromatic carbocycles. The van der Waals surface area contributed by atoms with Gasteiger partial charge >= 0.3 is 6.18 Å². The summed E-state index contributed by atoms with van der Waals surface area (Å²) in [4.78, 5) is 8.41. The van der Waals surface area contributed by atoms with E-state index in [4.69, 9.17) is 10.00 Å². The molecule has 0 amide bonds. The summed E-state index contributed by atoms with van der Waals surface area (Å²) >= 11 is 1.25. The number of halogens is 3. The first-order chi connectivity index (χ1) is 15.9. The fourth-order valence-corrected chi connectivity index (χ4v) is 3.99. The van der Waals surface area contributed by atoms with Crippen molar-refractivity contribution < 1.29 is 17.9 Å². The number of pyridine rings is 1. The van der Waals surface area contributed by atoms with E-state index in [0.717, 1.165) is 38.2 Å². The van der Waals surface area contributed by atoms with Crippen LogP contribution < -0.4 is 10.1 Å². The number of thiazole rings is 1. The topological polar surface area (TPSA) is 70.8 Å². The summed E-state index contributed by atoms with van der Waals surface area (Å²) < 4.78 is 46.3. The van der Waals surface area contributed by atoms with Gasteiger partial charge in [0.2, 0.25) is 0 Å². The molecular formula is C24H25F3N4OS. The molecule has 3 aromatic rings. The van der Waals surface area contributed by atoms with Gasteiger partial charge in [-0.05, 0) is 30.7 Å². The molecule has 1 N–H and O–H groups in total. The molecule has 3 rings (SSSR count). The Morgan fingerprint density at radius 3 is 2.64 bits per heavy atom. The maximum Gasteiger partial charge on any atom is 0.420 e. The lowest BCUT2D eigenvalue weighted by atomic mass is 10.1. The number of nitrogens with one attached hydrogen (secondary N) is 1. The molecule has 0 saturated heterocycles. The molecule has 0 saturated carbocycles. The summed E-state index contributed by atoms with van der Waals surface area (Å²) in [5, 5.41) is 14.1. The number of nitrogens with zero attached hydrogens (tertiary/aromatic N) is 3. The van der Waals surface area contributed by atoms with Crippen molar-refractivity contribution in [1.29, 1.82) is 5.26 Å². The predicted molar refractivity (Wildman–Crippen MR) is 124 cm³/mol. The van der Waals surface area contributed by atoms with Crippen LogP contribution in [0.25, 0.3) is 11.3 Å². The maximum absolute atomic E-state index is 13.6. The van der Waals surface area contributed by atoms with Crippen molar-refractivity contribution in [2.75, 3.05) is 11.9 Å². The second kappa shape index (κ2) is 11.7. The highest BCUT2D eigenvalue weighted by molar-refractivity contribution is 7.14. The van der Waals surface area contributed by atoms with Gasteiger partial charge in [0, 0.05) is 29.0 Å². The van der Waals surface area contributed by atoms with Crippen molar-refractivity contribution in [3.8, 4) is 23.1 Å². The van der Waals surface area contributed by atoms with Crippen LogP contribution in [0.1, 0.15) is 56.6 Å². The number of nitriles is 1. The summed E-state index contributed by atoms with van der Waals surface area (Å²) in [5.41, 5.74) is 1.09. The number of unbranched alkanes of at least 4 members (excludes halogenated alkanes) is 5. The number of anilines is 2. The highest BCUT2D eigenvalue weighted by Crippen LogP contribution is 2.39. The molecule has 0 aliphatic heterocycles. The van der Waals surface area contributed by atoms with Crippen LogP contribution in [0.15, 0.2) is 42.0 Å². The quantitative estimate of drug-likeness (QED) is 0.290. The largest absolute Gasteiger partial charge is 0.493 e. The number of benzene rings is 1. The van der Waals surface area contributed by atoms with Crippen molar-refractivity contribution in [3.05, 3.63) is 53.2 Å². The first-order valence-corrected chi connectivity index (χ1v) is 11.7. The number of rotatable bonds is 11. The molecule has 0 fully saturated rings. The monoisotopic (exact) mass is 474 g/mol. The van der Waals surface area contributed by atoms with E-state index in [2.05, 4.69) is 22.2 Å². The number of alkyl halides is 3. The van der Waals surface area contributed by atoms with Gasteiger partial charge in [-0.1, -0.05) is 39.0 Å². The summed E-state index contributed by atoms with van der Waals surface area (Å²) in [6, 6.07) is 7.60. The van der Waals surface area contributed by atoms with Gasteiger partial charge < -0.3 is 10.1 Å². The molecule has 174 valence electrons. The van der Waals surface area contributed by atoms with E-state index in [0.29, 0.717) is 22.0 Å². The Bertz CT molecular complexity index is 1090. The summed E-state index contributed by atoms with van der Waals surface area (Å²) in [6.45, 7) is 2.40. The molecular weight excluding hydrogens is 449 g/mol. The van der Waals surface area contributed by atoms with Gasteiger partial charge in [0.15, 0.2) is 5.13 Å². The average Bonchev–Trinajstić information content (AvgIpc) is 3.27. The van der Waals surface area contributed by atoms with Crippen LogP contribution in [0.3, 0.4) is 0 Å². The van der Waals surface area contributed by atoms with Gasteiger partial charge in [-0.15, -0.1) is 11.3 Å². The fourth-order valence-electron chi connectivity index (χ4n) is 3.25. The highest BCUT2D eigenvalue weighted by Gasteiger charge is 2.34. The summed E-state index contributed by atoms with van der Waals surface area (Å²) in [5.74, 6) is -0.166. The van der Waals surface area contributed by atoms with Crippen LogP contribution in [0.4, 0.5) is 24.0 Å². The Balaban J connectivity index is 1.67. The van der Waals surface area contributed by atoms with Crippen molar-refractivity contribution in [1.82, 2.24) is 9.97 Å². The first-order valence-electron chi connectivity index (χ1n) is 10.8. The second-order valence-electron chi connectivity index (χ2n) is 7.56. The SMILES string of the molecule is CCCCCCCCOc1ccc(Nc2nc(-c3cncc(C#N)c3)cs2)cc1C(F)(F)F. The van der Waals surface area contributed by atoms with E-state index in [1.165, 1.54) is 30.0 Å². The van der Waals surface area contributed by atoms with E-state index in [9.17, 15) is 13.2 Å². The molecule has 0 unspecified atom stereocenters. The summed E-state index contributed by atoms with van der Waals surface area (Å²) in [7, 11) is 0. The third kappa shape index (κ3) is 7.19. The molecule has 9 heteroatoms. The first kappa shape index (κ1) is 24.5. The summed E-state index contributed by atoms with van der Waals surface area (Å²) in [6.07, 6.45) is 4.71. The van der Waals surface area contributed by atoms with Crippen LogP contribution in [0.5, 0.6) is 5.75 Å². The number of ether oxygens (including phenoxy) is 1. The van der Waals surface area contributed by atoms with E-state index < -0.39 is 11.7 Å². The molecule has 0 atom stereocenters. The van der Waals surface area contributed by atoms with E-state index in [-0.39, 0.29) is 18.0 Å². The van der Waals surface area contributed by atoms with Crippen LogP contribution >= 0.6 is 11.3 Å². The average molecular weight is 475 g/mol. The Morgan fingerprint density at radius 2 is 1.88 bits per heavy atom. The van der Waals surface area contributed by atoms with Gasteiger partial charge in [0.05, 0.1) is 23.4 Å². The van der Waals surface area contributed by atoms with Crippen LogP contribution in [0, 0.1) is 11.3 Å². The van der Waals surface area contributed by atoms with Gasteiger partial charge in [0.1, 0.15) is 11.8 Å². The van der Waals surface area contributed by atoms with Gasteiger partial charge in [-0.25, -0.2) is 4.98 Å². The normalized spacial score (nSPS) is 11.2. The molecule has 5 nitrogen and oxygen atoms in total. The minimum absolute atomic E-state index is 0.166. The molecule has 0 bridgehead atoms. The molecule has 0 aliphatic rings. The zero-order valence-electron chi connectivity index (χ0n) is 18.3. The van der Waals surface area contributed by atoms with Gasteiger partial charge in [0.25, 0.3) is 0 Å². The van der Waals surface area contributed by atoms with Crippen molar-refractivity contribution >= 4 is 22.2 Å². The zero-order chi connectivity index (χ0) is 23.7. The molecule has 2 heterocycles. The van der Waals surface area contributed by atoms with Crippen LogP contribution in [-0.4, -0.2) is 16.6 Å². The molecule has 0 aliphatic carbocycles. The fraction of sp³-hybridized carbons (Fsp3) is 0.375. The van der Waals surface area contributed by atoms with Gasteiger partial charge in [-0.2, -0.15) is 18.4 Å². The predicted octanol–water partition coefficient (Wildman–Crippen LogP) is 7.58. The third-order valence-electron chi connectivity index (χ3n) is 4.96. The van der Waals surface area contributed by atoms with Crippen LogP contribution in [-0.2, 0) is 6.18 Å². The molecule has 2 aromatic heterocycles. The molecule has 0 radical (unpaired) electrons. The number of hydrogen-bond donors (Lipinski definition) is 1. The second-order valence-corrected chi connectivity index (χ2v) is 8.42. The Morgan fingerprint density at radius 1 is 1.09 bits per heavy atom. The number of hydrogen-bond acceptors (Lipinski definition) is 6. The molecule has 33 heavy (non-hydrogen) atoms. The van der Waals surface area contributed by atoms with E-state index >= 15 is 0 Å². The van der Waals surface area contributed by atoms with Crippen molar-refractivity contribution in [2.45, 2.75) is 51.6 Å². The van der Waals surface area contributed by atoms with Crippen LogP contribution in [0.2, 0.25) is 0 Å². The Labute approximate surface area is 195 Å². The lowest BCUT2D eigenvalue weighted by molar-refractivity contribution is -0.138. The Kier molecular flexibility index (Phi) is 8.66. The standard InChI is InChI=1S/C24H25F3N4OS/c1-2-3-4-5-6-7-10-32-22-9-8-19(12-20(22)24(25,26)27)30-23-31-21(16-33-23)18-11-17(13-28)14-29-15-18/h8-9,11-12,14-16H,2-7,10H2,1H3,(H,30,31). The molecule has 0 spiro atoms. The number of aromatic nitrogens is 2. The smallest absolute Gasteiger partial charge is 0.420 e. The minimum atomic E-state index is -4.54. The van der Waals surface area contributed by atoms with E-state index in [1.54, 1.807) is 23.7 Å².